The molecule has 0 bridgehead atoms. The van der Waals surface area contributed by atoms with Gasteiger partial charge in [-0.25, -0.2) is 8.78 Å². The first-order chi connectivity index (χ1) is 5.55. The van der Waals surface area contributed by atoms with Gasteiger partial charge in [-0.3, -0.25) is 0 Å². The lowest BCUT2D eigenvalue weighted by Gasteiger charge is -2.19. The molecule has 1 aliphatic rings. The van der Waals surface area contributed by atoms with Crippen LogP contribution in [0.5, 0.6) is 0 Å². The summed E-state index contributed by atoms with van der Waals surface area (Å²) in [6.45, 7) is 2.69. The van der Waals surface area contributed by atoms with Crippen molar-refractivity contribution >= 4 is 17.3 Å². The van der Waals surface area contributed by atoms with Crippen LogP contribution >= 0.6 is 12.2 Å². The maximum atomic E-state index is 12.7. The van der Waals surface area contributed by atoms with E-state index in [9.17, 15) is 8.78 Å². The molecule has 0 aromatic carbocycles. The zero-order valence-corrected chi connectivity index (χ0v) is 7.76. The number of hydrogen-bond donors (Lipinski definition) is 1. The average molecular weight is 194 g/mol. The molecule has 1 heterocycles. The van der Waals surface area contributed by atoms with E-state index in [1.54, 1.807) is 0 Å². The molecule has 0 amide bonds. The third-order valence-electron chi connectivity index (χ3n) is 1.78. The predicted molar refractivity (Wildman–Crippen MR) is 47.4 cm³/mol. The molecule has 1 aliphatic heterocycles. The molecule has 0 saturated carbocycles. The van der Waals surface area contributed by atoms with E-state index >= 15 is 0 Å². The van der Waals surface area contributed by atoms with E-state index < -0.39 is 5.92 Å². The second-order valence-corrected chi connectivity index (χ2v) is 3.25. The van der Waals surface area contributed by atoms with Crippen LogP contribution in [-0.2, 0) is 0 Å². The Hall–Kier alpha value is -0.450. The summed E-state index contributed by atoms with van der Waals surface area (Å²) < 4.78 is 25.3. The summed E-state index contributed by atoms with van der Waals surface area (Å²) in [5.41, 5.74) is 0. The molecule has 12 heavy (non-hydrogen) atoms. The van der Waals surface area contributed by atoms with Gasteiger partial charge in [0.1, 0.15) is 0 Å². The lowest BCUT2D eigenvalue weighted by atomic mass is 10.3. The van der Waals surface area contributed by atoms with Crippen LogP contribution in [0.1, 0.15) is 13.3 Å². The van der Waals surface area contributed by atoms with E-state index in [-0.39, 0.29) is 13.0 Å². The van der Waals surface area contributed by atoms with Crippen LogP contribution in [-0.4, -0.2) is 35.6 Å². The SMILES string of the molecule is CCNC(=S)N1CCC(F)(F)C1. The monoisotopic (exact) mass is 194 g/mol. The molecule has 0 aromatic rings. The summed E-state index contributed by atoms with van der Waals surface area (Å²) in [5, 5.41) is 3.29. The molecule has 1 fully saturated rings. The lowest BCUT2D eigenvalue weighted by Crippen LogP contribution is -2.39. The van der Waals surface area contributed by atoms with Gasteiger partial charge in [0, 0.05) is 19.5 Å². The predicted octanol–water partition coefficient (Wildman–Crippen LogP) is 1.22. The van der Waals surface area contributed by atoms with Crippen LogP contribution in [0.25, 0.3) is 0 Å². The Labute approximate surface area is 75.9 Å². The molecule has 0 atom stereocenters. The van der Waals surface area contributed by atoms with Gasteiger partial charge in [-0.2, -0.15) is 0 Å². The number of nitrogens with zero attached hydrogens (tertiary/aromatic N) is 1. The van der Waals surface area contributed by atoms with Crippen molar-refractivity contribution in [2.75, 3.05) is 19.6 Å². The van der Waals surface area contributed by atoms with Gasteiger partial charge >= 0.3 is 0 Å². The van der Waals surface area contributed by atoms with Crippen molar-refractivity contribution in [2.45, 2.75) is 19.3 Å². The Morgan fingerprint density at radius 1 is 1.67 bits per heavy atom. The highest BCUT2D eigenvalue weighted by atomic mass is 32.1. The molecule has 1 saturated heterocycles. The second-order valence-electron chi connectivity index (χ2n) is 2.86. The van der Waals surface area contributed by atoms with Gasteiger partial charge in [-0.15, -0.1) is 0 Å². The van der Waals surface area contributed by atoms with Crippen molar-refractivity contribution in [2.24, 2.45) is 0 Å². The summed E-state index contributed by atoms with van der Waals surface area (Å²) in [7, 11) is 0. The van der Waals surface area contributed by atoms with Crippen LogP contribution in [0.3, 0.4) is 0 Å². The molecular formula is C7H12F2N2S. The summed E-state index contributed by atoms with van der Waals surface area (Å²) in [6, 6.07) is 0. The minimum atomic E-state index is -2.56. The van der Waals surface area contributed by atoms with Crippen LogP contribution in [0.2, 0.25) is 0 Å². The minimum absolute atomic E-state index is 0.0848. The van der Waals surface area contributed by atoms with E-state index in [0.29, 0.717) is 18.2 Å². The molecule has 0 aromatic heterocycles. The van der Waals surface area contributed by atoms with Crippen molar-refractivity contribution in [1.29, 1.82) is 0 Å². The number of nitrogens with one attached hydrogen (secondary N) is 1. The maximum Gasteiger partial charge on any atom is 0.267 e. The highest BCUT2D eigenvalue weighted by Crippen LogP contribution is 2.26. The first-order valence-corrected chi connectivity index (χ1v) is 4.36. The van der Waals surface area contributed by atoms with Gasteiger partial charge in [0.2, 0.25) is 0 Å². The summed E-state index contributed by atoms with van der Waals surface area (Å²) >= 11 is 4.90. The fraction of sp³-hybridized carbons (Fsp3) is 0.857. The Morgan fingerprint density at radius 2 is 2.33 bits per heavy atom. The smallest absolute Gasteiger partial charge is 0.267 e. The maximum absolute atomic E-state index is 12.7. The third-order valence-corrected chi connectivity index (χ3v) is 2.19. The van der Waals surface area contributed by atoms with Crippen molar-refractivity contribution in [3.05, 3.63) is 0 Å². The first kappa shape index (κ1) is 9.64. The Morgan fingerprint density at radius 3 is 2.75 bits per heavy atom. The van der Waals surface area contributed by atoms with Crippen LogP contribution in [0.15, 0.2) is 0 Å². The van der Waals surface area contributed by atoms with Crippen LogP contribution in [0.4, 0.5) is 8.78 Å². The zero-order chi connectivity index (χ0) is 9.19. The first-order valence-electron chi connectivity index (χ1n) is 3.96. The molecular weight excluding hydrogens is 182 g/mol. The fourth-order valence-corrected chi connectivity index (χ4v) is 1.47. The number of alkyl halides is 2. The second kappa shape index (κ2) is 3.51. The van der Waals surface area contributed by atoms with E-state index in [2.05, 4.69) is 5.32 Å². The van der Waals surface area contributed by atoms with Gasteiger partial charge in [-0.05, 0) is 19.1 Å². The summed E-state index contributed by atoms with van der Waals surface area (Å²) in [6.07, 6.45) is -0.0848. The van der Waals surface area contributed by atoms with Crippen LogP contribution in [0, 0.1) is 0 Å². The van der Waals surface area contributed by atoms with Gasteiger partial charge in [0.15, 0.2) is 5.11 Å². The molecule has 0 aliphatic carbocycles. The number of halogens is 2. The summed E-state index contributed by atoms with van der Waals surface area (Å²) in [4.78, 5) is 1.51. The van der Waals surface area contributed by atoms with Crippen molar-refractivity contribution in [3.8, 4) is 0 Å². The highest BCUT2D eigenvalue weighted by Gasteiger charge is 2.38. The standard InChI is InChI=1S/C7H12F2N2S/c1-2-10-6(12)11-4-3-7(8,9)5-11/h2-5H2,1H3,(H,10,12). The zero-order valence-electron chi connectivity index (χ0n) is 6.94. The third kappa shape index (κ3) is 2.27. The molecule has 2 nitrogen and oxygen atoms in total. The Bertz CT molecular complexity index is 184. The number of likely N-dealkylation sites (tertiary alicyclic amines) is 1. The molecule has 0 radical (unpaired) electrons. The average Bonchev–Trinajstić information content (AvgIpc) is 2.31. The van der Waals surface area contributed by atoms with Gasteiger partial charge in [-0.1, -0.05) is 0 Å². The Kier molecular flexibility index (Phi) is 2.82. The van der Waals surface area contributed by atoms with Crippen LogP contribution < -0.4 is 5.32 Å². The lowest BCUT2D eigenvalue weighted by molar-refractivity contribution is 0.0175. The van der Waals surface area contributed by atoms with Crippen molar-refractivity contribution < 1.29 is 8.78 Å². The normalized spacial score (nSPS) is 21.1. The van der Waals surface area contributed by atoms with Crippen molar-refractivity contribution in [1.82, 2.24) is 10.2 Å². The highest BCUT2D eigenvalue weighted by molar-refractivity contribution is 7.80. The molecule has 5 heteroatoms. The number of thiocarbonyl (C=S) groups is 1. The van der Waals surface area contributed by atoms with E-state index in [0.717, 1.165) is 0 Å². The van der Waals surface area contributed by atoms with Gasteiger partial charge < -0.3 is 10.2 Å². The van der Waals surface area contributed by atoms with E-state index in [1.807, 2.05) is 6.92 Å². The minimum Gasteiger partial charge on any atom is -0.363 e. The topological polar surface area (TPSA) is 15.3 Å². The van der Waals surface area contributed by atoms with E-state index in [1.165, 1.54) is 4.90 Å². The number of hydrogen-bond acceptors (Lipinski definition) is 1. The fourth-order valence-electron chi connectivity index (χ4n) is 1.17. The van der Waals surface area contributed by atoms with Crippen molar-refractivity contribution in [3.63, 3.8) is 0 Å². The largest absolute Gasteiger partial charge is 0.363 e. The molecule has 1 rings (SSSR count). The Balaban J connectivity index is 2.41. The van der Waals surface area contributed by atoms with Gasteiger partial charge in [0.05, 0.1) is 6.54 Å². The molecule has 0 unspecified atom stereocenters. The molecule has 1 N–H and O–H groups in total. The van der Waals surface area contributed by atoms with E-state index in [4.69, 9.17) is 12.2 Å². The number of rotatable bonds is 1. The van der Waals surface area contributed by atoms with Gasteiger partial charge in [0.25, 0.3) is 5.92 Å². The summed E-state index contributed by atoms with van der Waals surface area (Å²) in [5.74, 6) is -2.56. The molecule has 70 valence electrons. The molecule has 0 spiro atoms. The quantitative estimate of drug-likeness (QED) is 0.632.